The SMILES string of the molecule is CCC1(C)Oc2cccc3c(C)cc(C)[n+]1c23. The minimum absolute atomic E-state index is 0.236. The van der Waals surface area contributed by atoms with Crippen LogP contribution < -0.4 is 9.30 Å². The number of ether oxygens (including phenoxy) is 1. The normalized spacial score (nSPS) is 21.9. The smallest absolute Gasteiger partial charge is 0.309 e. The Hall–Kier alpha value is -1.57. The Bertz CT molecular complexity index is 618. The highest BCUT2D eigenvalue weighted by Gasteiger charge is 2.45. The van der Waals surface area contributed by atoms with Crippen LogP contribution in [0, 0.1) is 13.8 Å². The Kier molecular flexibility index (Phi) is 2.00. The predicted octanol–water partition coefficient (Wildman–Crippen LogP) is 3.22. The van der Waals surface area contributed by atoms with Crippen molar-refractivity contribution in [2.24, 2.45) is 0 Å². The van der Waals surface area contributed by atoms with Crippen LogP contribution in [0.15, 0.2) is 24.3 Å². The number of rotatable bonds is 1. The van der Waals surface area contributed by atoms with E-state index in [1.807, 2.05) is 0 Å². The third kappa shape index (κ3) is 1.24. The van der Waals surface area contributed by atoms with E-state index in [4.69, 9.17) is 4.74 Å². The van der Waals surface area contributed by atoms with Crippen LogP contribution in [0.4, 0.5) is 0 Å². The Labute approximate surface area is 102 Å². The maximum Gasteiger partial charge on any atom is 0.309 e. The molecule has 1 aromatic carbocycles. The third-order valence-corrected chi connectivity index (χ3v) is 3.88. The van der Waals surface area contributed by atoms with Gasteiger partial charge in [0.05, 0.1) is 5.39 Å². The summed E-state index contributed by atoms with van der Waals surface area (Å²) in [6.07, 6.45) is 0.964. The number of para-hydroxylation sites is 1. The van der Waals surface area contributed by atoms with Crippen molar-refractivity contribution >= 4 is 10.9 Å². The van der Waals surface area contributed by atoms with Crippen LogP contribution in [0.2, 0.25) is 0 Å². The molecule has 2 heterocycles. The van der Waals surface area contributed by atoms with Crippen LogP contribution in [0.3, 0.4) is 0 Å². The molecule has 0 saturated carbocycles. The molecule has 1 aliphatic heterocycles. The van der Waals surface area contributed by atoms with Crippen molar-refractivity contribution in [3.8, 4) is 5.75 Å². The van der Waals surface area contributed by atoms with Crippen molar-refractivity contribution in [3.63, 3.8) is 0 Å². The zero-order valence-electron chi connectivity index (χ0n) is 10.9. The van der Waals surface area contributed by atoms with Crippen LogP contribution in [0.5, 0.6) is 5.75 Å². The average Bonchev–Trinajstić information content (AvgIpc) is 2.60. The maximum absolute atomic E-state index is 6.16. The van der Waals surface area contributed by atoms with Crippen LogP contribution in [-0.4, -0.2) is 0 Å². The Morgan fingerprint density at radius 1 is 1.29 bits per heavy atom. The summed E-state index contributed by atoms with van der Waals surface area (Å²) in [4.78, 5) is 0. The molecule has 17 heavy (non-hydrogen) atoms. The lowest BCUT2D eigenvalue weighted by molar-refractivity contribution is -0.768. The van der Waals surface area contributed by atoms with Gasteiger partial charge >= 0.3 is 5.72 Å². The second-order valence-electron chi connectivity index (χ2n) is 5.09. The summed E-state index contributed by atoms with van der Waals surface area (Å²) < 4.78 is 8.50. The molecule has 0 radical (unpaired) electrons. The van der Waals surface area contributed by atoms with Crippen molar-refractivity contribution in [3.05, 3.63) is 35.5 Å². The molecule has 88 valence electrons. The Balaban J connectivity index is 2.49. The molecule has 1 atom stereocenters. The molecule has 2 heteroatoms. The molecule has 0 fully saturated rings. The standard InChI is InChI=1S/C15H18NO/c1-5-15(4)16-11(3)9-10(2)12-7-6-8-13(17-15)14(12)16/h6-9H,5H2,1-4H3/q+1. The minimum atomic E-state index is -0.236. The van der Waals surface area contributed by atoms with Crippen LogP contribution in [0.1, 0.15) is 31.5 Å². The molecular formula is C15H18NO+. The van der Waals surface area contributed by atoms with E-state index in [1.165, 1.54) is 22.2 Å². The van der Waals surface area contributed by atoms with E-state index >= 15 is 0 Å². The van der Waals surface area contributed by atoms with E-state index in [-0.39, 0.29) is 5.72 Å². The first-order valence-corrected chi connectivity index (χ1v) is 6.21. The quantitative estimate of drug-likeness (QED) is 0.683. The minimum Gasteiger partial charge on any atom is -0.424 e. The van der Waals surface area contributed by atoms with E-state index < -0.39 is 0 Å². The summed E-state index contributed by atoms with van der Waals surface area (Å²) in [7, 11) is 0. The molecule has 0 bridgehead atoms. The lowest BCUT2D eigenvalue weighted by atomic mass is 10.1. The molecule has 0 aliphatic carbocycles. The van der Waals surface area contributed by atoms with Gasteiger partial charge in [-0.1, -0.05) is 13.0 Å². The summed E-state index contributed by atoms with van der Waals surface area (Å²) in [6, 6.07) is 8.56. The van der Waals surface area contributed by atoms with Crippen molar-refractivity contribution in [1.82, 2.24) is 0 Å². The number of aryl methyl sites for hydroxylation is 2. The molecule has 1 aromatic heterocycles. The van der Waals surface area contributed by atoms with Crippen molar-refractivity contribution in [1.29, 1.82) is 0 Å². The summed E-state index contributed by atoms with van der Waals surface area (Å²) in [5.74, 6) is 1.01. The number of benzene rings is 1. The fraction of sp³-hybridized carbons (Fsp3) is 0.400. The molecule has 2 aromatic rings. The third-order valence-electron chi connectivity index (χ3n) is 3.88. The lowest BCUT2D eigenvalue weighted by Crippen LogP contribution is -2.56. The maximum atomic E-state index is 6.16. The van der Waals surface area contributed by atoms with Crippen LogP contribution >= 0.6 is 0 Å². The van der Waals surface area contributed by atoms with Gasteiger partial charge in [0, 0.05) is 26.3 Å². The summed E-state index contributed by atoms with van der Waals surface area (Å²) in [5, 5.41) is 1.30. The second-order valence-corrected chi connectivity index (χ2v) is 5.09. The van der Waals surface area contributed by atoms with E-state index in [0.717, 1.165) is 12.2 Å². The van der Waals surface area contributed by atoms with Gasteiger partial charge in [0.25, 0.3) is 5.52 Å². The fourth-order valence-electron chi connectivity index (χ4n) is 2.91. The van der Waals surface area contributed by atoms with Gasteiger partial charge in [0.2, 0.25) is 0 Å². The number of nitrogens with zero attached hydrogens (tertiary/aromatic N) is 1. The zero-order valence-corrected chi connectivity index (χ0v) is 10.9. The van der Waals surface area contributed by atoms with Crippen molar-refractivity contribution in [2.45, 2.75) is 39.8 Å². The van der Waals surface area contributed by atoms with Gasteiger partial charge in [-0.15, -0.1) is 0 Å². The second kappa shape index (κ2) is 3.22. The topological polar surface area (TPSA) is 13.1 Å². The van der Waals surface area contributed by atoms with Gasteiger partial charge < -0.3 is 4.74 Å². The van der Waals surface area contributed by atoms with Crippen LogP contribution in [-0.2, 0) is 5.72 Å². The first-order valence-electron chi connectivity index (χ1n) is 6.21. The molecule has 1 unspecified atom stereocenters. The highest BCUT2D eigenvalue weighted by Crippen LogP contribution is 2.36. The lowest BCUT2D eigenvalue weighted by Gasteiger charge is -2.18. The van der Waals surface area contributed by atoms with Gasteiger partial charge in [-0.25, -0.2) is 0 Å². The first kappa shape index (κ1) is 10.6. The van der Waals surface area contributed by atoms with Crippen LogP contribution in [0.25, 0.3) is 10.9 Å². The van der Waals surface area contributed by atoms with Gasteiger partial charge in [-0.2, -0.15) is 4.57 Å². The van der Waals surface area contributed by atoms with Gasteiger partial charge in [0.1, 0.15) is 0 Å². The first-order chi connectivity index (χ1) is 8.07. The Morgan fingerprint density at radius 2 is 2.06 bits per heavy atom. The monoisotopic (exact) mass is 228 g/mol. The highest BCUT2D eigenvalue weighted by molar-refractivity contribution is 5.85. The van der Waals surface area contributed by atoms with E-state index in [9.17, 15) is 0 Å². The van der Waals surface area contributed by atoms with E-state index in [2.05, 4.69) is 56.5 Å². The molecular weight excluding hydrogens is 210 g/mol. The average molecular weight is 228 g/mol. The molecule has 0 spiro atoms. The molecule has 0 N–H and O–H groups in total. The zero-order chi connectivity index (χ0) is 12.2. The predicted molar refractivity (Wildman–Crippen MR) is 68.2 cm³/mol. The highest BCUT2D eigenvalue weighted by atomic mass is 16.5. The van der Waals surface area contributed by atoms with Crippen molar-refractivity contribution in [2.75, 3.05) is 0 Å². The van der Waals surface area contributed by atoms with E-state index in [1.54, 1.807) is 0 Å². The summed E-state index contributed by atoms with van der Waals surface area (Å²) >= 11 is 0. The van der Waals surface area contributed by atoms with Crippen molar-refractivity contribution < 1.29 is 9.30 Å². The Morgan fingerprint density at radius 3 is 2.76 bits per heavy atom. The molecule has 1 aliphatic rings. The van der Waals surface area contributed by atoms with Gasteiger partial charge in [0.15, 0.2) is 11.4 Å². The number of hydrogen-bond donors (Lipinski definition) is 0. The van der Waals surface area contributed by atoms with Gasteiger partial charge in [-0.3, -0.25) is 0 Å². The molecule has 2 nitrogen and oxygen atoms in total. The number of aromatic nitrogens is 1. The fourth-order valence-corrected chi connectivity index (χ4v) is 2.91. The summed E-state index contributed by atoms with van der Waals surface area (Å²) in [5.41, 5.74) is 3.60. The summed E-state index contributed by atoms with van der Waals surface area (Å²) in [6.45, 7) is 8.66. The number of hydrogen-bond acceptors (Lipinski definition) is 1. The van der Waals surface area contributed by atoms with Gasteiger partial charge in [-0.05, 0) is 24.6 Å². The molecule has 3 rings (SSSR count). The molecule has 0 saturated heterocycles. The largest absolute Gasteiger partial charge is 0.424 e. The number of pyridine rings is 1. The van der Waals surface area contributed by atoms with E-state index in [0.29, 0.717) is 0 Å². The molecule has 0 amide bonds.